The van der Waals surface area contributed by atoms with Crippen LogP contribution in [-0.2, 0) is 16.4 Å². The number of hydrogen-bond donors (Lipinski definition) is 1. The third-order valence-corrected chi connectivity index (χ3v) is 5.46. The molecule has 0 bridgehead atoms. The molecule has 0 unspecified atom stereocenters. The number of aryl methyl sites for hydroxylation is 1. The minimum absolute atomic E-state index is 0.634. The van der Waals surface area contributed by atoms with Crippen molar-refractivity contribution in [2.24, 2.45) is 0 Å². The van der Waals surface area contributed by atoms with Gasteiger partial charge >= 0.3 is 0 Å². The van der Waals surface area contributed by atoms with Gasteiger partial charge in [0.1, 0.15) is 0 Å². The lowest BCUT2D eigenvalue weighted by molar-refractivity contribution is 0.257. The molecule has 0 saturated carbocycles. The number of nitrogens with zero attached hydrogens (tertiary/aromatic N) is 1. The number of hydrogen-bond acceptors (Lipinski definition) is 3. The number of anilines is 1. The standard InChI is InChI=1S/C22H40N2O2S/c1-4-6-8-9-11-19-24(18-7-5-2)20-12-10-13-21-14-16-22(17-15-21)23-27(3,25)26/h14-17,23H,4-13,18-20H2,1-3H3. The average Bonchev–Trinajstić information content (AvgIpc) is 2.62. The van der Waals surface area contributed by atoms with Crippen LogP contribution in [0.3, 0.4) is 0 Å². The van der Waals surface area contributed by atoms with Crippen LogP contribution in [0.2, 0.25) is 0 Å². The fraction of sp³-hybridized carbons (Fsp3) is 0.727. The van der Waals surface area contributed by atoms with E-state index in [1.807, 2.05) is 24.3 Å². The first-order chi connectivity index (χ1) is 12.9. The Morgan fingerprint density at radius 3 is 1.93 bits per heavy atom. The van der Waals surface area contributed by atoms with Crippen LogP contribution < -0.4 is 4.72 Å². The van der Waals surface area contributed by atoms with Gasteiger partial charge in [-0.25, -0.2) is 8.42 Å². The highest BCUT2D eigenvalue weighted by atomic mass is 32.2. The van der Waals surface area contributed by atoms with Crippen LogP contribution in [0.1, 0.15) is 77.2 Å². The zero-order chi connectivity index (χ0) is 20.0. The molecule has 0 heterocycles. The van der Waals surface area contributed by atoms with Gasteiger partial charge in [-0.2, -0.15) is 0 Å². The van der Waals surface area contributed by atoms with Gasteiger partial charge in [0.05, 0.1) is 6.26 Å². The molecule has 1 aromatic rings. The maximum atomic E-state index is 11.2. The Labute approximate surface area is 167 Å². The number of nitrogens with one attached hydrogen (secondary N) is 1. The zero-order valence-corrected chi connectivity index (χ0v) is 18.5. The van der Waals surface area contributed by atoms with Gasteiger partial charge in [-0.05, 0) is 69.4 Å². The lowest BCUT2D eigenvalue weighted by atomic mass is 10.1. The lowest BCUT2D eigenvalue weighted by Crippen LogP contribution is -2.27. The van der Waals surface area contributed by atoms with Gasteiger partial charge in [-0.1, -0.05) is 58.1 Å². The minimum atomic E-state index is -3.20. The van der Waals surface area contributed by atoms with E-state index in [0.717, 1.165) is 6.42 Å². The molecule has 5 heteroatoms. The molecule has 0 fully saturated rings. The summed E-state index contributed by atoms with van der Waals surface area (Å²) >= 11 is 0. The van der Waals surface area contributed by atoms with Crippen molar-refractivity contribution in [3.05, 3.63) is 29.8 Å². The topological polar surface area (TPSA) is 49.4 Å². The highest BCUT2D eigenvalue weighted by Crippen LogP contribution is 2.13. The highest BCUT2D eigenvalue weighted by Gasteiger charge is 2.05. The van der Waals surface area contributed by atoms with E-state index in [-0.39, 0.29) is 0 Å². The second kappa shape index (κ2) is 14.0. The van der Waals surface area contributed by atoms with Gasteiger partial charge in [0.15, 0.2) is 0 Å². The fourth-order valence-electron chi connectivity index (χ4n) is 3.27. The first-order valence-electron chi connectivity index (χ1n) is 10.7. The third-order valence-electron chi connectivity index (χ3n) is 4.85. The monoisotopic (exact) mass is 396 g/mol. The Balaban J connectivity index is 2.28. The molecule has 0 saturated heterocycles. The van der Waals surface area contributed by atoms with Gasteiger partial charge in [0.2, 0.25) is 10.0 Å². The van der Waals surface area contributed by atoms with Crippen molar-refractivity contribution in [3.8, 4) is 0 Å². The van der Waals surface area contributed by atoms with Gasteiger partial charge in [-0.3, -0.25) is 4.72 Å². The number of benzene rings is 1. The van der Waals surface area contributed by atoms with E-state index in [1.54, 1.807) is 0 Å². The van der Waals surface area contributed by atoms with Gasteiger partial charge in [0.25, 0.3) is 0 Å². The van der Waals surface area contributed by atoms with Gasteiger partial charge in [0, 0.05) is 5.69 Å². The Morgan fingerprint density at radius 1 is 0.778 bits per heavy atom. The van der Waals surface area contributed by atoms with Gasteiger partial charge in [-0.15, -0.1) is 0 Å². The van der Waals surface area contributed by atoms with E-state index in [0.29, 0.717) is 5.69 Å². The summed E-state index contributed by atoms with van der Waals surface area (Å²) in [4.78, 5) is 2.65. The lowest BCUT2D eigenvalue weighted by Gasteiger charge is -2.22. The molecule has 0 aromatic heterocycles. The predicted octanol–water partition coefficient (Wildman–Crippen LogP) is 5.45. The second-order valence-electron chi connectivity index (χ2n) is 7.64. The van der Waals surface area contributed by atoms with Crippen LogP contribution in [0.15, 0.2) is 24.3 Å². The highest BCUT2D eigenvalue weighted by molar-refractivity contribution is 7.92. The van der Waals surface area contributed by atoms with Crippen LogP contribution in [0, 0.1) is 0 Å². The summed E-state index contributed by atoms with van der Waals surface area (Å²) in [6, 6.07) is 7.74. The molecule has 156 valence electrons. The molecule has 0 aliphatic heterocycles. The van der Waals surface area contributed by atoms with Crippen molar-refractivity contribution in [1.82, 2.24) is 4.90 Å². The Hall–Kier alpha value is -1.07. The largest absolute Gasteiger partial charge is 0.303 e. The molecule has 0 radical (unpaired) electrons. The van der Waals surface area contributed by atoms with E-state index < -0.39 is 10.0 Å². The van der Waals surface area contributed by atoms with Crippen LogP contribution in [0.4, 0.5) is 5.69 Å². The molecule has 0 atom stereocenters. The Morgan fingerprint density at radius 2 is 1.33 bits per heavy atom. The number of rotatable bonds is 16. The number of sulfonamides is 1. The molecule has 0 amide bonds. The molecular weight excluding hydrogens is 356 g/mol. The molecule has 4 nitrogen and oxygen atoms in total. The van der Waals surface area contributed by atoms with Crippen LogP contribution in [0.5, 0.6) is 0 Å². The van der Waals surface area contributed by atoms with Crippen molar-refractivity contribution in [2.75, 3.05) is 30.6 Å². The molecule has 1 rings (SSSR count). The van der Waals surface area contributed by atoms with E-state index in [4.69, 9.17) is 0 Å². The van der Waals surface area contributed by atoms with E-state index in [1.165, 1.54) is 89.2 Å². The van der Waals surface area contributed by atoms with E-state index >= 15 is 0 Å². The Bertz CT molecular complexity index is 585. The normalized spacial score (nSPS) is 11.9. The molecule has 1 aromatic carbocycles. The first kappa shape index (κ1) is 24.0. The van der Waals surface area contributed by atoms with Crippen LogP contribution in [-0.4, -0.2) is 39.2 Å². The molecule has 1 N–H and O–H groups in total. The van der Waals surface area contributed by atoms with Crippen molar-refractivity contribution < 1.29 is 8.42 Å². The van der Waals surface area contributed by atoms with Crippen LogP contribution >= 0.6 is 0 Å². The van der Waals surface area contributed by atoms with E-state index in [9.17, 15) is 8.42 Å². The summed E-state index contributed by atoms with van der Waals surface area (Å²) in [5, 5.41) is 0. The third kappa shape index (κ3) is 12.9. The minimum Gasteiger partial charge on any atom is -0.303 e. The summed E-state index contributed by atoms with van der Waals surface area (Å²) in [5.74, 6) is 0. The smallest absolute Gasteiger partial charge is 0.229 e. The Kier molecular flexibility index (Phi) is 12.4. The molecule has 0 aliphatic carbocycles. The maximum Gasteiger partial charge on any atom is 0.229 e. The zero-order valence-electron chi connectivity index (χ0n) is 17.7. The van der Waals surface area contributed by atoms with Gasteiger partial charge < -0.3 is 4.90 Å². The van der Waals surface area contributed by atoms with Crippen molar-refractivity contribution >= 4 is 15.7 Å². The first-order valence-corrected chi connectivity index (χ1v) is 12.6. The predicted molar refractivity (Wildman–Crippen MR) is 118 cm³/mol. The molecule has 27 heavy (non-hydrogen) atoms. The van der Waals surface area contributed by atoms with Crippen molar-refractivity contribution in [3.63, 3.8) is 0 Å². The molecule has 0 aliphatic rings. The summed E-state index contributed by atoms with van der Waals surface area (Å²) in [6.45, 7) is 8.21. The summed E-state index contributed by atoms with van der Waals surface area (Å²) < 4.78 is 25.0. The second-order valence-corrected chi connectivity index (χ2v) is 9.39. The quantitative estimate of drug-likeness (QED) is 0.378. The molecular formula is C22H40N2O2S. The maximum absolute atomic E-state index is 11.2. The fourth-order valence-corrected chi connectivity index (χ4v) is 3.84. The van der Waals surface area contributed by atoms with E-state index in [2.05, 4.69) is 23.5 Å². The van der Waals surface area contributed by atoms with Crippen molar-refractivity contribution in [2.45, 2.75) is 78.1 Å². The summed E-state index contributed by atoms with van der Waals surface area (Å²) in [5.41, 5.74) is 1.91. The average molecular weight is 397 g/mol. The van der Waals surface area contributed by atoms with Crippen molar-refractivity contribution in [1.29, 1.82) is 0 Å². The SMILES string of the molecule is CCCCCCCN(CCCC)CCCCc1ccc(NS(C)(=O)=O)cc1. The summed E-state index contributed by atoms with van der Waals surface area (Å²) in [6.07, 6.45) is 13.9. The summed E-state index contributed by atoms with van der Waals surface area (Å²) in [7, 11) is -3.20. The molecule has 0 spiro atoms. The number of unbranched alkanes of at least 4 members (excludes halogenated alkanes) is 6. The van der Waals surface area contributed by atoms with Crippen LogP contribution in [0.25, 0.3) is 0 Å².